The van der Waals surface area contributed by atoms with Gasteiger partial charge in [0.25, 0.3) is 0 Å². The number of amides is 3. The Bertz CT molecular complexity index is 292. The second kappa shape index (κ2) is 2.75. The first kappa shape index (κ1) is 8.42. The van der Waals surface area contributed by atoms with Gasteiger partial charge in [-0.2, -0.15) is 4.79 Å². The summed E-state index contributed by atoms with van der Waals surface area (Å²) in [6, 6.07) is -0.396. The van der Waals surface area contributed by atoms with Crippen LogP contribution in [0.4, 0.5) is 4.79 Å². The molecule has 0 unspecified atom stereocenters. The van der Waals surface area contributed by atoms with Crippen molar-refractivity contribution in [1.29, 1.82) is 0 Å². The first-order valence-electron chi connectivity index (χ1n) is 3.32. The fourth-order valence-corrected chi connectivity index (χ4v) is 0.971. The third-order valence-corrected chi connectivity index (χ3v) is 1.67. The molecule has 1 aliphatic rings. The van der Waals surface area contributed by atoms with Gasteiger partial charge in [0, 0.05) is 14.1 Å². The molecule has 0 saturated carbocycles. The summed E-state index contributed by atoms with van der Waals surface area (Å²) in [5.41, 5.74) is 8.36. The van der Waals surface area contributed by atoms with Gasteiger partial charge in [-0.15, -0.1) is 0 Å². The van der Waals surface area contributed by atoms with E-state index < -0.39 is 11.9 Å². The second-order valence-corrected chi connectivity index (χ2v) is 2.55. The van der Waals surface area contributed by atoms with E-state index in [1.807, 2.05) is 0 Å². The van der Waals surface area contributed by atoms with Gasteiger partial charge < -0.3 is 10.4 Å². The van der Waals surface area contributed by atoms with Gasteiger partial charge in [-0.05, 0) is 0 Å². The maximum Gasteiger partial charge on any atom is 0.375 e. The Morgan fingerprint density at radius 2 is 2.00 bits per heavy atom. The largest absolute Gasteiger partial charge is 0.375 e. The lowest BCUT2D eigenvalue weighted by atomic mass is 10.2. The van der Waals surface area contributed by atoms with Crippen LogP contribution in [0.1, 0.15) is 0 Å². The normalized spacial score (nSPS) is 18.3. The fourth-order valence-electron chi connectivity index (χ4n) is 0.971. The third kappa shape index (κ3) is 1.08. The summed E-state index contributed by atoms with van der Waals surface area (Å²) in [5.74, 6) is -0.555. The van der Waals surface area contributed by atoms with Crippen LogP contribution in [0.15, 0.2) is 0 Å². The van der Waals surface area contributed by atoms with E-state index in [9.17, 15) is 9.59 Å². The monoisotopic (exact) mass is 168 g/mol. The van der Waals surface area contributed by atoms with Gasteiger partial charge in [-0.3, -0.25) is 9.69 Å². The third-order valence-electron chi connectivity index (χ3n) is 1.67. The van der Waals surface area contributed by atoms with Gasteiger partial charge in [0.2, 0.25) is 0 Å². The van der Waals surface area contributed by atoms with E-state index in [4.69, 9.17) is 5.53 Å². The van der Waals surface area contributed by atoms with Crippen molar-refractivity contribution in [3.63, 3.8) is 0 Å². The van der Waals surface area contributed by atoms with Crippen LogP contribution in [0, 0.1) is 0 Å². The molecule has 0 aliphatic carbocycles. The van der Waals surface area contributed by atoms with Gasteiger partial charge in [0.15, 0.2) is 0 Å². The van der Waals surface area contributed by atoms with Crippen molar-refractivity contribution >= 4 is 17.6 Å². The molecule has 0 spiro atoms. The highest BCUT2D eigenvalue weighted by atomic mass is 16.2. The first-order valence-corrected chi connectivity index (χ1v) is 3.32. The zero-order chi connectivity index (χ0) is 9.30. The topological polar surface area (TPSA) is 77.0 Å². The molecule has 6 nitrogen and oxygen atoms in total. The van der Waals surface area contributed by atoms with Crippen molar-refractivity contribution in [2.24, 2.45) is 0 Å². The lowest BCUT2D eigenvalue weighted by Crippen LogP contribution is -2.54. The summed E-state index contributed by atoms with van der Waals surface area (Å²) in [4.78, 5) is 27.2. The van der Waals surface area contributed by atoms with Crippen molar-refractivity contribution in [2.75, 3.05) is 20.6 Å². The second-order valence-electron chi connectivity index (χ2n) is 2.55. The number of imide groups is 1. The number of hydrogen-bond donors (Lipinski definition) is 0. The highest BCUT2D eigenvalue weighted by Crippen LogP contribution is 2.02. The Morgan fingerprint density at radius 3 is 2.50 bits per heavy atom. The molecular weight excluding hydrogens is 160 g/mol. The van der Waals surface area contributed by atoms with Crippen LogP contribution in [0.25, 0.3) is 5.53 Å². The van der Waals surface area contributed by atoms with Crippen LogP contribution in [0.5, 0.6) is 0 Å². The molecule has 1 rings (SSSR count). The number of carbonyl (C=O) groups is 2. The summed E-state index contributed by atoms with van der Waals surface area (Å²) in [6.07, 6.45) is 0. The van der Waals surface area contributed by atoms with Gasteiger partial charge in [0.05, 0.1) is 0 Å². The molecule has 1 fully saturated rings. The van der Waals surface area contributed by atoms with Crippen LogP contribution in [0.2, 0.25) is 0 Å². The van der Waals surface area contributed by atoms with E-state index in [0.29, 0.717) is 0 Å². The van der Waals surface area contributed by atoms with Crippen LogP contribution < -0.4 is 0 Å². The van der Waals surface area contributed by atoms with Gasteiger partial charge >= 0.3 is 17.6 Å². The standard InChI is InChI=1S/C6H8N4O2/c1-9-3-4(8-7)5(11)10(2)6(9)12/h3H2,1-2H3. The van der Waals surface area contributed by atoms with Crippen LogP contribution >= 0.6 is 0 Å². The zero-order valence-corrected chi connectivity index (χ0v) is 6.81. The van der Waals surface area contributed by atoms with E-state index in [1.165, 1.54) is 19.0 Å². The predicted octanol–water partition coefficient (Wildman–Crippen LogP) is -0.819. The molecule has 0 aromatic rings. The van der Waals surface area contributed by atoms with Crippen LogP contribution in [-0.4, -0.2) is 52.9 Å². The highest BCUT2D eigenvalue weighted by molar-refractivity contribution is 6.41. The van der Waals surface area contributed by atoms with E-state index in [2.05, 4.69) is 4.79 Å². The van der Waals surface area contributed by atoms with E-state index in [1.54, 1.807) is 0 Å². The lowest BCUT2D eigenvalue weighted by molar-refractivity contribution is -0.127. The summed E-state index contributed by atoms with van der Waals surface area (Å²) in [5, 5.41) is 0. The fraction of sp³-hybridized carbons (Fsp3) is 0.500. The maximum atomic E-state index is 11.1. The summed E-state index contributed by atoms with van der Waals surface area (Å²) < 4.78 is 0. The van der Waals surface area contributed by atoms with Crippen LogP contribution in [0.3, 0.4) is 0 Å². The SMILES string of the molecule is CN1CC(=[N+]=[N-])C(=O)N(C)C1=O. The molecule has 64 valence electrons. The molecule has 0 atom stereocenters. The summed E-state index contributed by atoms with van der Waals surface area (Å²) in [6.45, 7) is 0.0541. The van der Waals surface area contributed by atoms with Gasteiger partial charge in [-0.1, -0.05) is 0 Å². The van der Waals surface area contributed by atoms with E-state index >= 15 is 0 Å². The predicted molar refractivity (Wildman–Crippen MR) is 39.4 cm³/mol. The molecule has 0 bridgehead atoms. The van der Waals surface area contributed by atoms with Crippen molar-refractivity contribution in [3.8, 4) is 0 Å². The summed E-state index contributed by atoms with van der Waals surface area (Å²) in [7, 11) is 2.86. The molecule has 3 amide bonds. The number of rotatable bonds is 0. The highest BCUT2D eigenvalue weighted by Gasteiger charge is 2.37. The van der Waals surface area contributed by atoms with E-state index in [0.717, 1.165) is 4.90 Å². The molecule has 1 aliphatic heterocycles. The van der Waals surface area contributed by atoms with Gasteiger partial charge in [-0.25, -0.2) is 4.79 Å². The minimum Gasteiger partial charge on any atom is -0.361 e. The average molecular weight is 168 g/mol. The Morgan fingerprint density at radius 1 is 1.42 bits per heavy atom. The minimum absolute atomic E-state index is 0.0281. The smallest absolute Gasteiger partial charge is 0.361 e. The molecule has 6 heteroatoms. The molecule has 0 aromatic carbocycles. The number of urea groups is 1. The zero-order valence-electron chi connectivity index (χ0n) is 6.81. The summed E-state index contributed by atoms with van der Waals surface area (Å²) >= 11 is 0. The first-order chi connectivity index (χ1) is 5.57. The Balaban J connectivity index is 3.00. The number of hydrogen-bond acceptors (Lipinski definition) is 2. The van der Waals surface area contributed by atoms with Crippen LogP contribution in [-0.2, 0) is 4.79 Å². The van der Waals surface area contributed by atoms with Gasteiger partial charge in [0.1, 0.15) is 6.54 Å². The molecule has 0 aromatic heterocycles. The number of nitrogens with zero attached hydrogens (tertiary/aromatic N) is 4. The van der Waals surface area contributed by atoms with Crippen molar-refractivity contribution < 1.29 is 14.4 Å². The quantitative estimate of drug-likeness (QED) is 0.350. The average Bonchev–Trinajstić information content (AvgIpc) is 2.08. The molecule has 0 N–H and O–H groups in total. The van der Waals surface area contributed by atoms with Crippen molar-refractivity contribution in [1.82, 2.24) is 9.80 Å². The Labute approximate surface area is 69.0 Å². The van der Waals surface area contributed by atoms with E-state index in [-0.39, 0.29) is 12.3 Å². The minimum atomic E-state index is -0.555. The molecular formula is C6H8N4O2. The molecule has 0 radical (unpaired) electrons. The molecule has 12 heavy (non-hydrogen) atoms. The molecule has 1 saturated heterocycles. The lowest BCUT2D eigenvalue weighted by Gasteiger charge is -2.25. The molecule has 1 heterocycles. The number of carbonyl (C=O) groups excluding carboxylic acids is 2. The maximum absolute atomic E-state index is 11.1. The van der Waals surface area contributed by atoms with Crippen molar-refractivity contribution in [2.45, 2.75) is 0 Å². The van der Waals surface area contributed by atoms with Crippen molar-refractivity contribution in [3.05, 3.63) is 5.53 Å². The Hall–Kier alpha value is -1.68. The Kier molecular flexibility index (Phi) is 1.93.